The highest BCUT2D eigenvalue weighted by Crippen LogP contribution is 2.38. The minimum Gasteiger partial charge on any atom is -0.360 e. The maximum absolute atomic E-state index is 6.16. The van der Waals surface area contributed by atoms with E-state index in [1.807, 2.05) is 12.1 Å². The average Bonchev–Trinajstić information content (AvgIpc) is 2.60. The number of aromatic nitrogens is 1. The number of rotatable bonds is 1. The molecule has 0 radical (unpaired) electrons. The molecular formula is C14H18ClN. The van der Waals surface area contributed by atoms with Crippen molar-refractivity contribution in [1.82, 2.24) is 4.98 Å². The van der Waals surface area contributed by atoms with Crippen molar-refractivity contribution in [3.8, 4) is 0 Å². The molecule has 1 atom stereocenters. The Morgan fingerprint density at radius 2 is 1.94 bits per heavy atom. The molecule has 0 spiro atoms. The smallest absolute Gasteiger partial charge is 0.0647 e. The number of hydrogen-bond acceptors (Lipinski definition) is 0. The molecule has 0 saturated carbocycles. The summed E-state index contributed by atoms with van der Waals surface area (Å²) in [6, 6.07) is 6.07. The maximum atomic E-state index is 6.16. The Bertz CT molecular complexity index is 505. The van der Waals surface area contributed by atoms with Crippen LogP contribution in [0, 0.1) is 5.41 Å². The molecule has 0 fully saturated rings. The van der Waals surface area contributed by atoms with Gasteiger partial charge in [0.05, 0.1) is 10.5 Å². The first-order valence-corrected chi connectivity index (χ1v) is 6.04. The van der Waals surface area contributed by atoms with E-state index >= 15 is 0 Å². The lowest BCUT2D eigenvalue weighted by molar-refractivity contribution is 0.341. The first-order valence-electron chi connectivity index (χ1n) is 5.67. The van der Waals surface area contributed by atoms with Crippen LogP contribution in [-0.2, 0) is 0 Å². The summed E-state index contributed by atoms with van der Waals surface area (Å²) >= 11 is 6.16. The summed E-state index contributed by atoms with van der Waals surface area (Å²) in [5.41, 5.74) is 2.66. The zero-order chi connectivity index (χ0) is 11.9. The van der Waals surface area contributed by atoms with E-state index in [-0.39, 0.29) is 5.41 Å². The van der Waals surface area contributed by atoms with Crippen LogP contribution in [0.1, 0.15) is 39.2 Å². The molecule has 1 heterocycles. The van der Waals surface area contributed by atoms with Crippen LogP contribution < -0.4 is 0 Å². The number of benzene rings is 1. The molecule has 0 aliphatic rings. The summed E-state index contributed by atoms with van der Waals surface area (Å²) in [6.45, 7) is 9.06. The Kier molecular flexibility index (Phi) is 2.75. The van der Waals surface area contributed by atoms with Crippen LogP contribution in [-0.4, -0.2) is 4.98 Å². The summed E-state index contributed by atoms with van der Waals surface area (Å²) < 4.78 is 0. The van der Waals surface area contributed by atoms with Gasteiger partial charge in [-0.2, -0.15) is 0 Å². The van der Waals surface area contributed by atoms with Crippen molar-refractivity contribution >= 4 is 22.5 Å². The van der Waals surface area contributed by atoms with Gasteiger partial charge in [-0.25, -0.2) is 0 Å². The molecule has 1 aromatic carbocycles. The fraction of sp³-hybridized carbons (Fsp3) is 0.429. The minimum absolute atomic E-state index is 0.261. The Labute approximate surface area is 102 Å². The number of para-hydroxylation sites is 1. The third-order valence-corrected chi connectivity index (χ3v) is 3.78. The topological polar surface area (TPSA) is 15.8 Å². The van der Waals surface area contributed by atoms with Crippen molar-refractivity contribution in [2.45, 2.75) is 33.6 Å². The van der Waals surface area contributed by atoms with Gasteiger partial charge in [0.2, 0.25) is 0 Å². The second-order valence-electron chi connectivity index (χ2n) is 5.49. The number of aromatic amines is 1. The zero-order valence-electron chi connectivity index (χ0n) is 10.3. The summed E-state index contributed by atoms with van der Waals surface area (Å²) in [4.78, 5) is 3.28. The van der Waals surface area contributed by atoms with E-state index in [0.29, 0.717) is 5.92 Å². The van der Waals surface area contributed by atoms with Gasteiger partial charge in [0.15, 0.2) is 0 Å². The summed E-state index contributed by atoms with van der Waals surface area (Å²) in [7, 11) is 0. The highest BCUT2D eigenvalue weighted by atomic mass is 35.5. The van der Waals surface area contributed by atoms with Crippen molar-refractivity contribution < 1.29 is 0 Å². The van der Waals surface area contributed by atoms with Gasteiger partial charge in [-0.05, 0) is 23.0 Å². The van der Waals surface area contributed by atoms with E-state index in [2.05, 4.69) is 44.9 Å². The second kappa shape index (κ2) is 3.81. The molecule has 2 aromatic rings. The molecule has 0 bridgehead atoms. The van der Waals surface area contributed by atoms with Gasteiger partial charge in [0, 0.05) is 11.6 Å². The van der Waals surface area contributed by atoms with Gasteiger partial charge < -0.3 is 4.98 Å². The highest BCUT2D eigenvalue weighted by Gasteiger charge is 2.24. The van der Waals surface area contributed by atoms with Crippen molar-refractivity contribution in [2.24, 2.45) is 5.41 Å². The Hall–Kier alpha value is -0.950. The monoisotopic (exact) mass is 235 g/mol. The lowest BCUT2D eigenvalue weighted by Crippen LogP contribution is -2.14. The predicted molar refractivity (Wildman–Crippen MR) is 71.2 cm³/mol. The standard InChI is InChI=1S/C14H18ClN/c1-9(14(2,3)4)11-8-16-13-10(11)6-5-7-12(13)15/h5-9,16H,1-4H3. The Morgan fingerprint density at radius 3 is 2.56 bits per heavy atom. The number of hydrogen-bond donors (Lipinski definition) is 1. The van der Waals surface area contributed by atoms with Crippen LogP contribution in [0.3, 0.4) is 0 Å². The first-order chi connectivity index (χ1) is 7.41. The van der Waals surface area contributed by atoms with Crippen LogP contribution in [0.25, 0.3) is 10.9 Å². The van der Waals surface area contributed by atoms with Gasteiger partial charge in [-0.1, -0.05) is 51.4 Å². The van der Waals surface area contributed by atoms with Crippen LogP contribution in [0.2, 0.25) is 5.02 Å². The fourth-order valence-corrected chi connectivity index (χ4v) is 2.19. The summed E-state index contributed by atoms with van der Waals surface area (Å²) in [6.07, 6.45) is 2.09. The zero-order valence-corrected chi connectivity index (χ0v) is 11.0. The van der Waals surface area contributed by atoms with Crippen LogP contribution in [0.15, 0.2) is 24.4 Å². The molecule has 1 unspecified atom stereocenters. The molecule has 1 nitrogen and oxygen atoms in total. The number of nitrogens with one attached hydrogen (secondary N) is 1. The van der Waals surface area contributed by atoms with E-state index in [0.717, 1.165) is 10.5 Å². The van der Waals surface area contributed by atoms with E-state index in [9.17, 15) is 0 Å². The normalized spacial score (nSPS) is 14.3. The number of halogens is 1. The minimum atomic E-state index is 0.261. The molecule has 16 heavy (non-hydrogen) atoms. The summed E-state index contributed by atoms with van der Waals surface area (Å²) in [5.74, 6) is 0.500. The third kappa shape index (κ3) is 1.84. The summed E-state index contributed by atoms with van der Waals surface area (Å²) in [5, 5.41) is 2.04. The predicted octanol–water partition coefficient (Wildman–Crippen LogP) is 4.97. The van der Waals surface area contributed by atoms with Crippen LogP contribution >= 0.6 is 11.6 Å². The molecule has 0 saturated heterocycles. The highest BCUT2D eigenvalue weighted by molar-refractivity contribution is 6.35. The van der Waals surface area contributed by atoms with E-state index in [1.54, 1.807) is 0 Å². The second-order valence-corrected chi connectivity index (χ2v) is 5.90. The van der Waals surface area contributed by atoms with Gasteiger partial charge >= 0.3 is 0 Å². The van der Waals surface area contributed by atoms with Gasteiger partial charge in [-0.15, -0.1) is 0 Å². The number of H-pyrrole nitrogens is 1. The Balaban J connectivity index is 2.59. The van der Waals surface area contributed by atoms with Crippen molar-refractivity contribution in [1.29, 1.82) is 0 Å². The molecule has 2 heteroatoms. The molecule has 0 amide bonds. The van der Waals surface area contributed by atoms with Crippen molar-refractivity contribution in [2.75, 3.05) is 0 Å². The van der Waals surface area contributed by atoms with Crippen LogP contribution in [0.5, 0.6) is 0 Å². The molecule has 0 aliphatic heterocycles. The number of fused-ring (bicyclic) bond motifs is 1. The van der Waals surface area contributed by atoms with E-state index < -0.39 is 0 Å². The van der Waals surface area contributed by atoms with Gasteiger partial charge in [0.1, 0.15) is 0 Å². The molecule has 0 aliphatic carbocycles. The third-order valence-electron chi connectivity index (χ3n) is 3.46. The van der Waals surface area contributed by atoms with E-state index in [4.69, 9.17) is 11.6 Å². The average molecular weight is 236 g/mol. The first kappa shape index (κ1) is 11.5. The lowest BCUT2D eigenvalue weighted by Gasteiger charge is -2.27. The van der Waals surface area contributed by atoms with Crippen LogP contribution in [0.4, 0.5) is 0 Å². The van der Waals surface area contributed by atoms with Crippen molar-refractivity contribution in [3.05, 3.63) is 35.0 Å². The quantitative estimate of drug-likeness (QED) is 0.718. The van der Waals surface area contributed by atoms with Crippen molar-refractivity contribution in [3.63, 3.8) is 0 Å². The molecule has 86 valence electrons. The molecule has 1 N–H and O–H groups in total. The molecule has 2 rings (SSSR count). The fourth-order valence-electron chi connectivity index (χ4n) is 1.96. The van der Waals surface area contributed by atoms with E-state index in [1.165, 1.54) is 10.9 Å². The Morgan fingerprint density at radius 1 is 1.25 bits per heavy atom. The van der Waals surface area contributed by atoms with Gasteiger partial charge in [-0.3, -0.25) is 0 Å². The largest absolute Gasteiger partial charge is 0.360 e. The molecular weight excluding hydrogens is 218 g/mol. The SMILES string of the molecule is CC(c1c[nH]c2c(Cl)cccc12)C(C)(C)C. The lowest BCUT2D eigenvalue weighted by atomic mass is 9.78. The maximum Gasteiger partial charge on any atom is 0.0647 e. The van der Waals surface area contributed by atoms with Gasteiger partial charge in [0.25, 0.3) is 0 Å². The molecule has 1 aromatic heterocycles.